The zero-order valence-electron chi connectivity index (χ0n) is 7.49. The standard InChI is InChI=1S/C11H14FN/c12-11(9-13)8-4-7-10-5-2-1-3-6-10/h1-7,11H,8-9,13H2/b7-4+/t11-/m0/s1. The molecule has 0 unspecified atom stereocenters. The minimum absolute atomic E-state index is 0.0964. The van der Waals surface area contributed by atoms with Gasteiger partial charge in [0.1, 0.15) is 6.17 Å². The van der Waals surface area contributed by atoms with E-state index in [1.165, 1.54) is 0 Å². The minimum Gasteiger partial charge on any atom is -0.328 e. The van der Waals surface area contributed by atoms with Crippen molar-refractivity contribution in [2.24, 2.45) is 5.73 Å². The molecule has 0 heterocycles. The summed E-state index contributed by atoms with van der Waals surface area (Å²) in [6.45, 7) is 0.0964. The van der Waals surface area contributed by atoms with Crippen molar-refractivity contribution in [3.05, 3.63) is 42.0 Å². The van der Waals surface area contributed by atoms with Crippen LogP contribution < -0.4 is 5.73 Å². The highest BCUT2D eigenvalue weighted by atomic mass is 19.1. The molecule has 0 fully saturated rings. The molecule has 1 aromatic carbocycles. The van der Waals surface area contributed by atoms with Gasteiger partial charge < -0.3 is 5.73 Å². The quantitative estimate of drug-likeness (QED) is 0.754. The first-order valence-electron chi connectivity index (χ1n) is 4.38. The highest BCUT2D eigenvalue weighted by Crippen LogP contribution is 2.04. The van der Waals surface area contributed by atoms with Gasteiger partial charge in [0, 0.05) is 6.54 Å². The molecule has 0 aliphatic rings. The Morgan fingerprint density at radius 3 is 2.62 bits per heavy atom. The highest BCUT2D eigenvalue weighted by Gasteiger charge is 1.97. The zero-order chi connectivity index (χ0) is 9.52. The maximum absolute atomic E-state index is 12.7. The molecule has 0 spiro atoms. The van der Waals surface area contributed by atoms with Gasteiger partial charge >= 0.3 is 0 Å². The summed E-state index contributed by atoms with van der Waals surface area (Å²) in [5.41, 5.74) is 6.23. The van der Waals surface area contributed by atoms with Crippen molar-refractivity contribution in [2.75, 3.05) is 6.54 Å². The van der Waals surface area contributed by atoms with Crippen molar-refractivity contribution in [3.63, 3.8) is 0 Å². The third kappa shape index (κ3) is 3.85. The van der Waals surface area contributed by atoms with Crippen LogP contribution in [0.1, 0.15) is 12.0 Å². The van der Waals surface area contributed by atoms with E-state index in [1.54, 1.807) is 0 Å². The number of benzene rings is 1. The Kier molecular flexibility index (Phi) is 4.19. The highest BCUT2D eigenvalue weighted by molar-refractivity contribution is 5.48. The number of rotatable bonds is 4. The van der Waals surface area contributed by atoms with E-state index < -0.39 is 6.17 Å². The molecule has 0 saturated heterocycles. The van der Waals surface area contributed by atoms with Crippen LogP contribution in [-0.2, 0) is 0 Å². The summed E-state index contributed by atoms with van der Waals surface area (Å²) in [6, 6.07) is 9.82. The molecule has 0 amide bonds. The topological polar surface area (TPSA) is 26.0 Å². The molecule has 0 saturated carbocycles. The molecule has 0 bridgehead atoms. The maximum Gasteiger partial charge on any atom is 0.116 e. The Morgan fingerprint density at radius 2 is 2.00 bits per heavy atom. The van der Waals surface area contributed by atoms with Crippen molar-refractivity contribution in [1.82, 2.24) is 0 Å². The molecule has 0 aliphatic heterocycles. The third-order valence-electron chi connectivity index (χ3n) is 1.76. The second kappa shape index (κ2) is 5.49. The van der Waals surface area contributed by atoms with E-state index in [0.29, 0.717) is 6.42 Å². The molecule has 1 rings (SSSR count). The Morgan fingerprint density at radius 1 is 1.31 bits per heavy atom. The van der Waals surface area contributed by atoms with E-state index in [-0.39, 0.29) is 6.54 Å². The van der Waals surface area contributed by atoms with Crippen LogP contribution in [0.15, 0.2) is 36.4 Å². The van der Waals surface area contributed by atoms with E-state index in [1.807, 2.05) is 42.5 Å². The number of hydrogen-bond acceptors (Lipinski definition) is 1. The van der Waals surface area contributed by atoms with Gasteiger partial charge in [-0.05, 0) is 12.0 Å². The molecule has 2 heteroatoms. The first-order chi connectivity index (χ1) is 6.33. The van der Waals surface area contributed by atoms with Gasteiger partial charge in [-0.1, -0.05) is 42.5 Å². The van der Waals surface area contributed by atoms with E-state index in [2.05, 4.69) is 0 Å². The molecular formula is C11H14FN. The average molecular weight is 179 g/mol. The molecule has 0 aromatic heterocycles. The Hall–Kier alpha value is -1.15. The first kappa shape index (κ1) is 9.93. The zero-order valence-corrected chi connectivity index (χ0v) is 7.49. The van der Waals surface area contributed by atoms with E-state index in [9.17, 15) is 4.39 Å². The second-order valence-electron chi connectivity index (χ2n) is 2.88. The maximum atomic E-state index is 12.7. The summed E-state index contributed by atoms with van der Waals surface area (Å²) in [5, 5.41) is 0. The van der Waals surface area contributed by atoms with Crippen molar-refractivity contribution in [3.8, 4) is 0 Å². The van der Waals surface area contributed by atoms with Crippen LogP contribution in [0.3, 0.4) is 0 Å². The molecule has 70 valence electrons. The summed E-state index contributed by atoms with van der Waals surface area (Å²) >= 11 is 0. The summed E-state index contributed by atoms with van der Waals surface area (Å²) in [6.07, 6.45) is 3.19. The van der Waals surface area contributed by atoms with Crippen LogP contribution in [0.25, 0.3) is 6.08 Å². The Bertz CT molecular complexity index is 256. The average Bonchev–Trinajstić information content (AvgIpc) is 2.19. The lowest BCUT2D eigenvalue weighted by Gasteiger charge is -1.98. The molecule has 2 N–H and O–H groups in total. The summed E-state index contributed by atoms with van der Waals surface area (Å²) in [5.74, 6) is 0. The van der Waals surface area contributed by atoms with E-state index in [0.717, 1.165) is 5.56 Å². The molecule has 0 radical (unpaired) electrons. The molecule has 1 aromatic rings. The normalized spacial score (nSPS) is 13.4. The van der Waals surface area contributed by atoms with Gasteiger partial charge in [-0.15, -0.1) is 0 Å². The largest absolute Gasteiger partial charge is 0.328 e. The van der Waals surface area contributed by atoms with Gasteiger partial charge in [0.05, 0.1) is 0 Å². The predicted molar refractivity (Wildman–Crippen MR) is 54.0 cm³/mol. The summed E-state index contributed by atoms with van der Waals surface area (Å²) in [7, 11) is 0. The lowest BCUT2D eigenvalue weighted by atomic mass is 10.2. The van der Waals surface area contributed by atoms with E-state index >= 15 is 0 Å². The number of hydrogen-bond donors (Lipinski definition) is 1. The van der Waals surface area contributed by atoms with Gasteiger partial charge in [0.15, 0.2) is 0 Å². The lowest BCUT2D eigenvalue weighted by Crippen LogP contribution is -2.13. The van der Waals surface area contributed by atoms with Crippen LogP contribution in [0, 0.1) is 0 Å². The van der Waals surface area contributed by atoms with Gasteiger partial charge in [0.2, 0.25) is 0 Å². The van der Waals surface area contributed by atoms with Gasteiger partial charge in [-0.3, -0.25) is 0 Å². The Balaban J connectivity index is 2.41. The first-order valence-corrected chi connectivity index (χ1v) is 4.38. The fourth-order valence-electron chi connectivity index (χ4n) is 1.01. The third-order valence-corrected chi connectivity index (χ3v) is 1.76. The minimum atomic E-state index is -0.917. The summed E-state index contributed by atoms with van der Waals surface area (Å²) < 4.78 is 12.7. The summed E-state index contributed by atoms with van der Waals surface area (Å²) in [4.78, 5) is 0. The van der Waals surface area contributed by atoms with Crippen molar-refractivity contribution in [1.29, 1.82) is 0 Å². The van der Waals surface area contributed by atoms with Crippen molar-refractivity contribution in [2.45, 2.75) is 12.6 Å². The molecule has 1 atom stereocenters. The lowest BCUT2D eigenvalue weighted by molar-refractivity contribution is 0.345. The fourth-order valence-corrected chi connectivity index (χ4v) is 1.01. The number of alkyl halides is 1. The monoisotopic (exact) mass is 179 g/mol. The predicted octanol–water partition coefficient (Wildman–Crippen LogP) is 2.39. The van der Waals surface area contributed by atoms with Crippen LogP contribution in [0.2, 0.25) is 0 Å². The van der Waals surface area contributed by atoms with Crippen LogP contribution >= 0.6 is 0 Å². The van der Waals surface area contributed by atoms with Crippen LogP contribution in [0.4, 0.5) is 4.39 Å². The molecule has 0 aliphatic carbocycles. The van der Waals surface area contributed by atoms with Crippen LogP contribution in [-0.4, -0.2) is 12.7 Å². The SMILES string of the molecule is NC[C@@H](F)C/C=C/c1ccccc1. The number of nitrogens with two attached hydrogens (primary N) is 1. The fraction of sp³-hybridized carbons (Fsp3) is 0.273. The van der Waals surface area contributed by atoms with Gasteiger partial charge in [-0.2, -0.15) is 0 Å². The molecule has 1 nitrogen and oxygen atoms in total. The molecular weight excluding hydrogens is 165 g/mol. The second-order valence-corrected chi connectivity index (χ2v) is 2.88. The van der Waals surface area contributed by atoms with E-state index in [4.69, 9.17) is 5.73 Å². The number of allylic oxidation sites excluding steroid dienone is 1. The smallest absolute Gasteiger partial charge is 0.116 e. The van der Waals surface area contributed by atoms with Crippen molar-refractivity contribution < 1.29 is 4.39 Å². The van der Waals surface area contributed by atoms with Gasteiger partial charge in [-0.25, -0.2) is 4.39 Å². The van der Waals surface area contributed by atoms with Crippen LogP contribution in [0.5, 0.6) is 0 Å². The van der Waals surface area contributed by atoms with Gasteiger partial charge in [0.25, 0.3) is 0 Å². The van der Waals surface area contributed by atoms with Crippen molar-refractivity contribution >= 4 is 6.08 Å². The number of halogens is 1. The Labute approximate surface area is 78.1 Å². The molecule has 13 heavy (non-hydrogen) atoms.